The smallest absolute Gasteiger partial charge is 0.410 e. The number of likely N-dealkylation sites (tertiary alicyclic amines) is 1. The Morgan fingerprint density at radius 2 is 2.04 bits per heavy atom. The molecule has 0 aromatic rings. The fourth-order valence-electron chi connectivity index (χ4n) is 2.93. The minimum absolute atomic E-state index is 0.0128. The Bertz CT molecular complexity index is 570. The lowest BCUT2D eigenvalue weighted by molar-refractivity contribution is -0.145. The summed E-state index contributed by atoms with van der Waals surface area (Å²) in [5.74, 6) is -1.97. The highest BCUT2D eigenvalue weighted by molar-refractivity contribution is 5.93. The van der Waals surface area contributed by atoms with Crippen LogP contribution in [0.1, 0.15) is 33.6 Å². The number of hydrogen-bond acceptors (Lipinski definition) is 4. The summed E-state index contributed by atoms with van der Waals surface area (Å²) in [5, 5.41) is 9.52. The molecule has 2 rings (SSSR count). The first-order chi connectivity index (χ1) is 10.7. The van der Waals surface area contributed by atoms with Crippen LogP contribution in [0.15, 0.2) is 23.8 Å². The maximum absolute atomic E-state index is 12.1. The number of carbonyl (C=O) groups excluding carboxylic acids is 2. The van der Waals surface area contributed by atoms with E-state index in [-0.39, 0.29) is 18.2 Å². The van der Waals surface area contributed by atoms with Gasteiger partial charge < -0.3 is 14.7 Å². The lowest BCUT2D eigenvalue weighted by Crippen LogP contribution is -2.48. The number of allylic oxidation sites excluding steroid dienone is 4. The van der Waals surface area contributed by atoms with Crippen molar-refractivity contribution in [3.63, 3.8) is 0 Å². The number of rotatable bonds is 2. The molecule has 1 aliphatic heterocycles. The van der Waals surface area contributed by atoms with Crippen molar-refractivity contribution in [1.29, 1.82) is 0 Å². The predicted molar refractivity (Wildman–Crippen MR) is 83.9 cm³/mol. The Morgan fingerprint density at radius 1 is 1.35 bits per heavy atom. The highest BCUT2D eigenvalue weighted by atomic mass is 16.6. The van der Waals surface area contributed by atoms with Gasteiger partial charge in [0.1, 0.15) is 5.60 Å². The molecular formula is C17H23NO5. The van der Waals surface area contributed by atoms with Crippen molar-refractivity contribution in [2.24, 2.45) is 11.8 Å². The fraction of sp³-hybridized carbons (Fsp3) is 0.588. The second-order valence-corrected chi connectivity index (χ2v) is 6.98. The molecule has 1 fully saturated rings. The molecule has 1 unspecified atom stereocenters. The van der Waals surface area contributed by atoms with Gasteiger partial charge in [0.2, 0.25) is 0 Å². The Hall–Kier alpha value is -2.11. The van der Waals surface area contributed by atoms with Crippen molar-refractivity contribution in [2.75, 3.05) is 13.1 Å². The highest BCUT2D eigenvalue weighted by Gasteiger charge is 2.39. The van der Waals surface area contributed by atoms with Gasteiger partial charge in [0, 0.05) is 25.4 Å². The largest absolute Gasteiger partial charge is 0.481 e. The minimum Gasteiger partial charge on any atom is -0.481 e. The molecule has 6 heteroatoms. The van der Waals surface area contributed by atoms with Crippen molar-refractivity contribution in [1.82, 2.24) is 4.90 Å². The van der Waals surface area contributed by atoms with Gasteiger partial charge in [-0.3, -0.25) is 9.59 Å². The molecule has 0 spiro atoms. The molecule has 6 nitrogen and oxygen atoms in total. The molecule has 126 valence electrons. The summed E-state index contributed by atoms with van der Waals surface area (Å²) < 4.78 is 5.31. The van der Waals surface area contributed by atoms with E-state index < -0.39 is 23.6 Å². The first-order valence-corrected chi connectivity index (χ1v) is 7.79. The average molecular weight is 321 g/mol. The van der Waals surface area contributed by atoms with E-state index in [1.165, 1.54) is 11.0 Å². The first kappa shape index (κ1) is 17.2. The molecule has 0 saturated carbocycles. The molecular weight excluding hydrogens is 298 g/mol. The van der Waals surface area contributed by atoms with Crippen molar-refractivity contribution < 1.29 is 24.2 Å². The van der Waals surface area contributed by atoms with Crippen LogP contribution in [-0.4, -0.2) is 46.5 Å². The third kappa shape index (κ3) is 4.43. The standard InChI is InChI=1S/C17H23NO5/c1-17(2,3)23-16(22)18-8-7-13(14(10-18)15(20)21)11-5-4-6-12(19)9-11/h4-5,9,13-14H,6-8,10H2,1-3H3,(H,20,21)/t13?,14-/m0/s1. The van der Waals surface area contributed by atoms with Crippen LogP contribution in [0.2, 0.25) is 0 Å². The van der Waals surface area contributed by atoms with Gasteiger partial charge >= 0.3 is 12.1 Å². The number of carboxylic acids is 1. The number of ketones is 1. The molecule has 1 saturated heterocycles. The van der Waals surface area contributed by atoms with Crippen LogP contribution in [0.5, 0.6) is 0 Å². The monoisotopic (exact) mass is 321 g/mol. The summed E-state index contributed by atoms with van der Waals surface area (Å²) in [7, 11) is 0. The summed E-state index contributed by atoms with van der Waals surface area (Å²) in [5.41, 5.74) is 0.130. The molecule has 0 aromatic carbocycles. The van der Waals surface area contributed by atoms with Gasteiger partial charge in [-0.2, -0.15) is 0 Å². The summed E-state index contributed by atoms with van der Waals surface area (Å²) in [6.45, 7) is 5.83. The van der Waals surface area contributed by atoms with E-state index >= 15 is 0 Å². The number of amides is 1. The van der Waals surface area contributed by atoms with Gasteiger partial charge in [-0.1, -0.05) is 12.2 Å². The number of carboxylic acid groups (broad SMARTS) is 1. The van der Waals surface area contributed by atoms with Gasteiger partial charge in [0.25, 0.3) is 0 Å². The Kier molecular flexibility index (Phi) is 4.92. The van der Waals surface area contributed by atoms with Gasteiger partial charge in [0.15, 0.2) is 5.78 Å². The summed E-state index contributed by atoms with van der Waals surface area (Å²) in [6.07, 6.45) is 5.48. The number of hydrogen-bond donors (Lipinski definition) is 1. The first-order valence-electron chi connectivity index (χ1n) is 7.79. The lowest BCUT2D eigenvalue weighted by atomic mass is 9.78. The van der Waals surface area contributed by atoms with E-state index in [4.69, 9.17) is 4.74 Å². The van der Waals surface area contributed by atoms with Crippen molar-refractivity contribution in [2.45, 2.75) is 39.2 Å². The van der Waals surface area contributed by atoms with Crippen molar-refractivity contribution in [3.05, 3.63) is 23.8 Å². The Morgan fingerprint density at radius 3 is 2.61 bits per heavy atom. The molecule has 1 heterocycles. The molecule has 0 aromatic heterocycles. The average Bonchev–Trinajstić information content (AvgIpc) is 2.44. The topological polar surface area (TPSA) is 83.9 Å². The van der Waals surface area contributed by atoms with E-state index in [0.717, 1.165) is 5.57 Å². The van der Waals surface area contributed by atoms with Crippen LogP contribution < -0.4 is 0 Å². The van der Waals surface area contributed by atoms with Crippen LogP contribution in [0.25, 0.3) is 0 Å². The zero-order chi connectivity index (χ0) is 17.2. The maximum atomic E-state index is 12.1. The minimum atomic E-state index is -0.962. The van der Waals surface area contributed by atoms with E-state index in [2.05, 4.69) is 0 Å². The van der Waals surface area contributed by atoms with Crippen LogP contribution in [0.3, 0.4) is 0 Å². The fourth-order valence-corrected chi connectivity index (χ4v) is 2.93. The summed E-state index contributed by atoms with van der Waals surface area (Å²) in [6, 6.07) is 0. The van der Waals surface area contributed by atoms with Gasteiger partial charge in [-0.25, -0.2) is 4.79 Å². The predicted octanol–water partition coefficient (Wildman–Crippen LogP) is 2.40. The van der Waals surface area contributed by atoms with Crippen LogP contribution >= 0.6 is 0 Å². The van der Waals surface area contributed by atoms with Crippen LogP contribution in [0.4, 0.5) is 4.79 Å². The maximum Gasteiger partial charge on any atom is 0.410 e. The molecule has 2 aliphatic rings. The van der Waals surface area contributed by atoms with Gasteiger partial charge in [-0.05, 0) is 38.8 Å². The van der Waals surface area contributed by atoms with Gasteiger partial charge in [-0.15, -0.1) is 0 Å². The van der Waals surface area contributed by atoms with E-state index in [1.54, 1.807) is 26.8 Å². The number of carbonyl (C=O) groups is 3. The van der Waals surface area contributed by atoms with E-state index in [9.17, 15) is 19.5 Å². The highest BCUT2D eigenvalue weighted by Crippen LogP contribution is 2.33. The Labute approximate surface area is 135 Å². The zero-order valence-electron chi connectivity index (χ0n) is 13.7. The van der Waals surface area contributed by atoms with Gasteiger partial charge in [0.05, 0.1) is 5.92 Å². The molecule has 0 radical (unpaired) electrons. The molecule has 0 bridgehead atoms. The second kappa shape index (κ2) is 6.56. The van der Waals surface area contributed by atoms with Crippen molar-refractivity contribution in [3.8, 4) is 0 Å². The molecule has 1 aliphatic carbocycles. The third-order valence-corrected chi connectivity index (χ3v) is 3.97. The lowest BCUT2D eigenvalue weighted by Gasteiger charge is -2.38. The summed E-state index contributed by atoms with van der Waals surface area (Å²) >= 11 is 0. The molecule has 1 N–H and O–H groups in total. The molecule has 23 heavy (non-hydrogen) atoms. The number of aliphatic carboxylic acids is 1. The number of nitrogens with zero attached hydrogens (tertiary/aromatic N) is 1. The van der Waals surface area contributed by atoms with E-state index in [1.807, 2.05) is 6.08 Å². The Balaban J connectivity index is 2.12. The normalized spacial score (nSPS) is 25.1. The SMILES string of the molecule is CC(C)(C)OC(=O)N1CCC(C2=CC(=O)CC=C2)[C@@H](C(=O)O)C1. The number of piperidine rings is 1. The summed E-state index contributed by atoms with van der Waals surface area (Å²) in [4.78, 5) is 36.8. The molecule has 1 amide bonds. The quantitative estimate of drug-likeness (QED) is 0.844. The van der Waals surface area contributed by atoms with Crippen LogP contribution in [-0.2, 0) is 14.3 Å². The van der Waals surface area contributed by atoms with Crippen molar-refractivity contribution >= 4 is 17.8 Å². The number of ether oxygens (including phenoxy) is 1. The third-order valence-electron chi connectivity index (χ3n) is 3.97. The second-order valence-electron chi connectivity index (χ2n) is 6.98. The van der Waals surface area contributed by atoms with Crippen LogP contribution in [0, 0.1) is 11.8 Å². The zero-order valence-corrected chi connectivity index (χ0v) is 13.7. The van der Waals surface area contributed by atoms with E-state index in [0.29, 0.717) is 19.4 Å². The molecule has 2 atom stereocenters.